The number of amides is 1. The van der Waals surface area contributed by atoms with Gasteiger partial charge in [-0.2, -0.15) is 0 Å². The van der Waals surface area contributed by atoms with Gasteiger partial charge in [-0.05, 0) is 24.5 Å². The summed E-state index contributed by atoms with van der Waals surface area (Å²) in [5, 5.41) is 6.16. The van der Waals surface area contributed by atoms with E-state index in [0.717, 1.165) is 18.5 Å². The number of hydrogen-bond acceptors (Lipinski definition) is 3. The fourth-order valence-electron chi connectivity index (χ4n) is 2.17. The average Bonchev–Trinajstić information content (AvgIpc) is 2.48. The molecule has 104 valence electrons. The summed E-state index contributed by atoms with van der Waals surface area (Å²) in [6.45, 7) is 6.13. The molecule has 2 atom stereocenters. The first kappa shape index (κ1) is 14.0. The van der Waals surface area contributed by atoms with Crippen molar-refractivity contribution in [3.63, 3.8) is 0 Å². The van der Waals surface area contributed by atoms with E-state index in [-0.39, 0.29) is 18.1 Å². The largest absolute Gasteiger partial charge is 0.366 e. The third-order valence-electron chi connectivity index (χ3n) is 3.47. The topological polar surface area (TPSA) is 50.4 Å². The van der Waals surface area contributed by atoms with Gasteiger partial charge in [0.2, 0.25) is 0 Å². The highest BCUT2D eigenvalue weighted by Gasteiger charge is 2.23. The number of hydrogen-bond donors (Lipinski definition) is 2. The molecule has 4 heteroatoms. The van der Waals surface area contributed by atoms with E-state index in [1.807, 2.05) is 6.92 Å². The van der Waals surface area contributed by atoms with E-state index < -0.39 is 0 Å². The second-order valence-corrected chi connectivity index (χ2v) is 4.89. The molecule has 1 aliphatic rings. The van der Waals surface area contributed by atoms with Crippen LogP contribution in [-0.4, -0.2) is 31.7 Å². The van der Waals surface area contributed by atoms with Crippen LogP contribution in [0.3, 0.4) is 0 Å². The normalized spacial score (nSPS) is 20.8. The summed E-state index contributed by atoms with van der Waals surface area (Å²) in [6, 6.07) is 8.37. The quantitative estimate of drug-likeness (QED) is 0.862. The Bertz CT molecular complexity index is 411. The summed E-state index contributed by atoms with van der Waals surface area (Å²) in [6.07, 6.45) is 0.661. The molecule has 2 N–H and O–H groups in total. The van der Waals surface area contributed by atoms with Crippen molar-refractivity contribution in [3.8, 4) is 0 Å². The summed E-state index contributed by atoms with van der Waals surface area (Å²) in [5.74, 6) is -0.0423. The molecule has 1 fully saturated rings. The minimum Gasteiger partial charge on any atom is -0.366 e. The first-order valence-electron chi connectivity index (χ1n) is 6.92. The summed E-state index contributed by atoms with van der Waals surface area (Å²) in [4.78, 5) is 12.0. The fourth-order valence-corrected chi connectivity index (χ4v) is 2.17. The number of benzene rings is 1. The minimum absolute atomic E-state index is 0.00364. The molecule has 0 radical (unpaired) electrons. The van der Waals surface area contributed by atoms with Crippen LogP contribution >= 0.6 is 0 Å². The molecule has 1 aromatic rings. The Morgan fingerprint density at radius 3 is 2.79 bits per heavy atom. The van der Waals surface area contributed by atoms with Crippen LogP contribution in [0.25, 0.3) is 0 Å². The van der Waals surface area contributed by atoms with Crippen molar-refractivity contribution in [2.75, 3.05) is 19.7 Å². The minimum atomic E-state index is -0.369. The van der Waals surface area contributed by atoms with Crippen molar-refractivity contribution in [1.82, 2.24) is 10.6 Å². The van der Waals surface area contributed by atoms with Crippen molar-refractivity contribution >= 4 is 5.91 Å². The molecule has 0 bridgehead atoms. The maximum absolute atomic E-state index is 12.0. The predicted molar refractivity (Wildman–Crippen MR) is 75.0 cm³/mol. The van der Waals surface area contributed by atoms with Crippen LogP contribution in [-0.2, 0) is 16.0 Å². The first-order valence-corrected chi connectivity index (χ1v) is 6.92. The lowest BCUT2D eigenvalue weighted by Crippen LogP contribution is -2.48. The molecule has 0 aromatic heterocycles. The van der Waals surface area contributed by atoms with Gasteiger partial charge in [-0.25, -0.2) is 0 Å². The highest BCUT2D eigenvalue weighted by molar-refractivity contribution is 5.81. The molecule has 0 saturated carbocycles. The Balaban J connectivity index is 1.91. The van der Waals surface area contributed by atoms with E-state index >= 15 is 0 Å². The second-order valence-electron chi connectivity index (χ2n) is 4.89. The summed E-state index contributed by atoms with van der Waals surface area (Å²) in [5.41, 5.74) is 2.43. The molecule has 2 rings (SSSR count). The highest BCUT2D eigenvalue weighted by atomic mass is 16.5. The van der Waals surface area contributed by atoms with E-state index in [1.54, 1.807) is 0 Å². The number of aryl methyl sites for hydroxylation is 1. The van der Waals surface area contributed by atoms with E-state index in [4.69, 9.17) is 4.74 Å². The molecule has 4 nitrogen and oxygen atoms in total. The maximum Gasteiger partial charge on any atom is 0.250 e. The molecule has 0 spiro atoms. The van der Waals surface area contributed by atoms with Crippen LogP contribution < -0.4 is 10.6 Å². The number of ether oxygens (including phenoxy) is 1. The van der Waals surface area contributed by atoms with E-state index in [0.29, 0.717) is 13.2 Å². The smallest absolute Gasteiger partial charge is 0.250 e. The Morgan fingerprint density at radius 2 is 2.21 bits per heavy atom. The molecular formula is C15H22N2O2. The Morgan fingerprint density at radius 1 is 1.47 bits per heavy atom. The van der Waals surface area contributed by atoms with Gasteiger partial charge >= 0.3 is 0 Å². The summed E-state index contributed by atoms with van der Waals surface area (Å²) >= 11 is 0. The van der Waals surface area contributed by atoms with Gasteiger partial charge in [0.25, 0.3) is 5.91 Å². The van der Waals surface area contributed by atoms with E-state index in [9.17, 15) is 4.79 Å². The van der Waals surface area contributed by atoms with Gasteiger partial charge in [-0.3, -0.25) is 4.79 Å². The average molecular weight is 262 g/mol. The van der Waals surface area contributed by atoms with Crippen LogP contribution in [0.5, 0.6) is 0 Å². The van der Waals surface area contributed by atoms with Crippen molar-refractivity contribution < 1.29 is 9.53 Å². The molecule has 1 heterocycles. The summed E-state index contributed by atoms with van der Waals surface area (Å²) < 4.78 is 5.44. The standard InChI is InChI=1S/C15H22N2O2/c1-3-12-4-6-13(7-5-12)11(2)17-15(18)14-10-16-8-9-19-14/h4-7,11,14,16H,3,8-10H2,1-2H3,(H,17,18). The number of carbonyl (C=O) groups is 1. The number of carbonyl (C=O) groups excluding carboxylic acids is 1. The SMILES string of the molecule is CCc1ccc(C(C)NC(=O)C2CNCCO2)cc1. The predicted octanol–water partition coefficient (Wildman–Crippen LogP) is 1.41. The highest BCUT2D eigenvalue weighted by Crippen LogP contribution is 2.14. The number of morpholine rings is 1. The van der Waals surface area contributed by atoms with E-state index in [1.165, 1.54) is 5.56 Å². The molecule has 0 aliphatic carbocycles. The number of nitrogens with one attached hydrogen (secondary N) is 2. The second kappa shape index (κ2) is 6.68. The van der Waals surface area contributed by atoms with Gasteiger partial charge < -0.3 is 15.4 Å². The van der Waals surface area contributed by atoms with Gasteiger partial charge in [0.15, 0.2) is 0 Å². The first-order chi connectivity index (χ1) is 9.20. The van der Waals surface area contributed by atoms with Crippen LogP contribution in [0.2, 0.25) is 0 Å². The Kier molecular flexibility index (Phi) is 4.93. The van der Waals surface area contributed by atoms with Crippen LogP contribution in [0.15, 0.2) is 24.3 Å². The molecule has 1 aromatic carbocycles. The zero-order valence-electron chi connectivity index (χ0n) is 11.6. The van der Waals surface area contributed by atoms with Gasteiger partial charge in [-0.15, -0.1) is 0 Å². The van der Waals surface area contributed by atoms with Crippen molar-refractivity contribution in [2.24, 2.45) is 0 Å². The van der Waals surface area contributed by atoms with Crippen LogP contribution in [0.4, 0.5) is 0 Å². The molecular weight excluding hydrogens is 240 g/mol. The van der Waals surface area contributed by atoms with Gasteiger partial charge in [0, 0.05) is 13.1 Å². The van der Waals surface area contributed by atoms with Crippen LogP contribution in [0, 0.1) is 0 Å². The zero-order chi connectivity index (χ0) is 13.7. The van der Waals surface area contributed by atoms with Crippen molar-refractivity contribution in [3.05, 3.63) is 35.4 Å². The van der Waals surface area contributed by atoms with Crippen molar-refractivity contribution in [2.45, 2.75) is 32.4 Å². The van der Waals surface area contributed by atoms with E-state index in [2.05, 4.69) is 41.8 Å². The van der Waals surface area contributed by atoms with Crippen molar-refractivity contribution in [1.29, 1.82) is 0 Å². The Labute approximate surface area is 114 Å². The van der Waals surface area contributed by atoms with Gasteiger partial charge in [-0.1, -0.05) is 31.2 Å². The summed E-state index contributed by atoms with van der Waals surface area (Å²) in [7, 11) is 0. The lowest BCUT2D eigenvalue weighted by molar-refractivity contribution is -0.134. The lowest BCUT2D eigenvalue weighted by atomic mass is 10.0. The zero-order valence-corrected chi connectivity index (χ0v) is 11.6. The molecule has 19 heavy (non-hydrogen) atoms. The molecule has 1 aliphatic heterocycles. The molecule has 1 amide bonds. The lowest BCUT2D eigenvalue weighted by Gasteiger charge is -2.24. The molecule has 2 unspecified atom stereocenters. The monoisotopic (exact) mass is 262 g/mol. The Hall–Kier alpha value is -1.39. The molecule has 1 saturated heterocycles. The third-order valence-corrected chi connectivity index (χ3v) is 3.47. The fraction of sp³-hybridized carbons (Fsp3) is 0.533. The third kappa shape index (κ3) is 3.78. The maximum atomic E-state index is 12.0. The van der Waals surface area contributed by atoms with Gasteiger partial charge in [0.1, 0.15) is 6.10 Å². The number of rotatable bonds is 4. The van der Waals surface area contributed by atoms with Crippen LogP contribution in [0.1, 0.15) is 31.0 Å². The van der Waals surface area contributed by atoms with Gasteiger partial charge in [0.05, 0.1) is 12.6 Å².